The van der Waals surface area contributed by atoms with Crippen LogP contribution in [0.3, 0.4) is 0 Å². The number of nitrogens with two attached hydrogens (primary N) is 1. The maximum absolute atomic E-state index is 6.00. The molecule has 0 aliphatic rings. The average Bonchev–Trinajstić information content (AvgIpc) is 2.57. The van der Waals surface area contributed by atoms with Crippen molar-refractivity contribution in [2.24, 2.45) is 10.7 Å². The van der Waals surface area contributed by atoms with Gasteiger partial charge in [0.1, 0.15) is 5.75 Å². The Labute approximate surface area is 143 Å². The second-order valence-electron chi connectivity index (χ2n) is 5.55. The van der Waals surface area contributed by atoms with Gasteiger partial charge in [-0.2, -0.15) is 0 Å². The van der Waals surface area contributed by atoms with E-state index in [0.717, 1.165) is 29.0 Å². The van der Waals surface area contributed by atoms with E-state index in [9.17, 15) is 0 Å². The quantitative estimate of drug-likeness (QED) is 0.605. The van der Waals surface area contributed by atoms with Crippen molar-refractivity contribution in [3.8, 4) is 5.75 Å². The number of ether oxygens (including phenoxy) is 2. The third-order valence-electron chi connectivity index (χ3n) is 3.68. The molecule has 0 spiro atoms. The van der Waals surface area contributed by atoms with Gasteiger partial charge in [0.2, 0.25) is 0 Å². The molecule has 2 rings (SSSR count). The zero-order valence-electron chi connectivity index (χ0n) is 14.5. The van der Waals surface area contributed by atoms with Crippen LogP contribution in [0.25, 0.3) is 0 Å². The molecule has 0 heterocycles. The lowest BCUT2D eigenvalue weighted by Crippen LogP contribution is -2.23. The zero-order valence-corrected chi connectivity index (χ0v) is 14.5. The second-order valence-corrected chi connectivity index (χ2v) is 5.55. The van der Waals surface area contributed by atoms with E-state index in [2.05, 4.69) is 23.3 Å². The number of guanidine groups is 1. The van der Waals surface area contributed by atoms with E-state index in [1.165, 1.54) is 5.56 Å². The minimum absolute atomic E-state index is 0.394. The van der Waals surface area contributed by atoms with Crippen LogP contribution in [0, 0.1) is 6.92 Å². The normalized spacial score (nSPS) is 11.4. The van der Waals surface area contributed by atoms with Gasteiger partial charge in [0, 0.05) is 24.9 Å². The predicted molar refractivity (Wildman–Crippen MR) is 98.7 cm³/mol. The van der Waals surface area contributed by atoms with E-state index in [1.54, 1.807) is 14.2 Å². The van der Waals surface area contributed by atoms with Crippen LogP contribution in [-0.4, -0.2) is 26.7 Å². The predicted octanol–water partition coefficient (Wildman–Crippen LogP) is 3.12. The third-order valence-corrected chi connectivity index (χ3v) is 3.68. The number of aliphatic imine (C=N–C) groups is 1. The van der Waals surface area contributed by atoms with Crippen LogP contribution in [0.15, 0.2) is 47.5 Å². The Hall–Kier alpha value is -2.53. The number of nitrogens with one attached hydrogen (secondary N) is 1. The average molecular weight is 327 g/mol. The summed E-state index contributed by atoms with van der Waals surface area (Å²) in [6, 6.07) is 14.0. The fourth-order valence-corrected chi connectivity index (χ4v) is 2.50. The standard InChI is InChI=1S/C19H25N3O2/c1-14-8-9-18(24-3)15(12-14)10-11-21-19(20)22-17-7-5-4-6-16(17)13-23-2/h4-9,12H,10-11,13H2,1-3H3,(H3,20,21,22). The van der Waals surface area contributed by atoms with Gasteiger partial charge in [0.15, 0.2) is 5.96 Å². The molecule has 0 saturated heterocycles. The molecule has 0 radical (unpaired) electrons. The summed E-state index contributed by atoms with van der Waals surface area (Å²) in [5, 5.41) is 3.14. The first-order valence-corrected chi connectivity index (χ1v) is 7.91. The van der Waals surface area contributed by atoms with Crippen LogP contribution in [-0.2, 0) is 17.8 Å². The van der Waals surface area contributed by atoms with E-state index < -0.39 is 0 Å². The molecule has 2 aromatic carbocycles. The summed E-state index contributed by atoms with van der Waals surface area (Å²) in [5.41, 5.74) is 10.3. The number of methoxy groups -OCH3 is 2. The van der Waals surface area contributed by atoms with Gasteiger partial charge in [-0.05, 0) is 31.0 Å². The van der Waals surface area contributed by atoms with Crippen molar-refractivity contribution >= 4 is 11.6 Å². The molecular formula is C19H25N3O2. The number of aryl methyl sites for hydroxylation is 1. The summed E-state index contributed by atoms with van der Waals surface area (Å²) < 4.78 is 10.6. The Morgan fingerprint density at radius 3 is 2.67 bits per heavy atom. The van der Waals surface area contributed by atoms with Crippen molar-refractivity contribution in [3.63, 3.8) is 0 Å². The SMILES string of the molecule is COCc1ccccc1NC(N)=NCCc1cc(C)ccc1OC. The lowest BCUT2D eigenvalue weighted by molar-refractivity contribution is 0.185. The van der Waals surface area contributed by atoms with E-state index in [0.29, 0.717) is 19.1 Å². The summed E-state index contributed by atoms with van der Waals surface area (Å²) in [6.07, 6.45) is 0.771. The number of benzene rings is 2. The molecule has 0 aromatic heterocycles. The maximum atomic E-state index is 6.00. The third kappa shape index (κ3) is 4.99. The lowest BCUT2D eigenvalue weighted by atomic mass is 10.1. The van der Waals surface area contributed by atoms with Crippen LogP contribution in [0.2, 0.25) is 0 Å². The van der Waals surface area contributed by atoms with Gasteiger partial charge in [-0.15, -0.1) is 0 Å². The molecule has 0 unspecified atom stereocenters. The Bertz CT molecular complexity index is 699. The first kappa shape index (κ1) is 17.8. The van der Waals surface area contributed by atoms with Crippen LogP contribution < -0.4 is 15.8 Å². The Morgan fingerprint density at radius 1 is 1.12 bits per heavy atom. The van der Waals surface area contributed by atoms with Crippen LogP contribution in [0.5, 0.6) is 5.75 Å². The van der Waals surface area contributed by atoms with E-state index >= 15 is 0 Å². The molecule has 0 aliphatic carbocycles. The number of nitrogens with zero attached hydrogens (tertiary/aromatic N) is 1. The Balaban J connectivity index is 1.99. The highest BCUT2D eigenvalue weighted by atomic mass is 16.5. The maximum Gasteiger partial charge on any atom is 0.193 e. The van der Waals surface area contributed by atoms with Crippen molar-refractivity contribution in [1.82, 2.24) is 0 Å². The molecule has 128 valence electrons. The molecule has 5 nitrogen and oxygen atoms in total. The van der Waals surface area contributed by atoms with Gasteiger partial charge in [-0.1, -0.05) is 35.9 Å². The Morgan fingerprint density at radius 2 is 1.92 bits per heavy atom. The minimum Gasteiger partial charge on any atom is -0.496 e. The Kier molecular flexibility index (Phi) is 6.63. The molecule has 0 atom stereocenters. The van der Waals surface area contributed by atoms with Crippen LogP contribution in [0.4, 0.5) is 5.69 Å². The monoisotopic (exact) mass is 327 g/mol. The summed E-state index contributed by atoms with van der Waals surface area (Å²) in [6.45, 7) is 3.18. The van der Waals surface area contributed by atoms with Crippen molar-refractivity contribution in [2.45, 2.75) is 20.0 Å². The summed E-state index contributed by atoms with van der Waals surface area (Å²) in [7, 11) is 3.35. The fourth-order valence-electron chi connectivity index (χ4n) is 2.50. The molecule has 0 aliphatic heterocycles. The first-order chi connectivity index (χ1) is 11.6. The lowest BCUT2D eigenvalue weighted by Gasteiger charge is -2.11. The highest BCUT2D eigenvalue weighted by molar-refractivity contribution is 5.92. The molecule has 2 aromatic rings. The van der Waals surface area contributed by atoms with Crippen molar-refractivity contribution < 1.29 is 9.47 Å². The molecule has 3 N–H and O–H groups in total. The minimum atomic E-state index is 0.394. The molecule has 0 saturated carbocycles. The molecule has 0 amide bonds. The smallest absolute Gasteiger partial charge is 0.193 e. The number of hydrogen-bond donors (Lipinski definition) is 2. The van der Waals surface area contributed by atoms with E-state index in [4.69, 9.17) is 15.2 Å². The fraction of sp³-hybridized carbons (Fsp3) is 0.316. The van der Waals surface area contributed by atoms with Gasteiger partial charge in [-0.3, -0.25) is 4.99 Å². The number of rotatable bonds is 7. The van der Waals surface area contributed by atoms with Crippen LogP contribution in [0.1, 0.15) is 16.7 Å². The van der Waals surface area contributed by atoms with Crippen LogP contribution >= 0.6 is 0 Å². The van der Waals surface area contributed by atoms with Gasteiger partial charge in [-0.25, -0.2) is 0 Å². The van der Waals surface area contributed by atoms with Crippen molar-refractivity contribution in [3.05, 3.63) is 59.2 Å². The second kappa shape index (κ2) is 8.93. The molecule has 24 heavy (non-hydrogen) atoms. The molecule has 0 bridgehead atoms. The largest absolute Gasteiger partial charge is 0.496 e. The van der Waals surface area contributed by atoms with Gasteiger partial charge in [0.25, 0.3) is 0 Å². The number of hydrogen-bond acceptors (Lipinski definition) is 3. The summed E-state index contributed by atoms with van der Waals surface area (Å²) in [5.74, 6) is 1.28. The topological polar surface area (TPSA) is 68.9 Å². The summed E-state index contributed by atoms with van der Waals surface area (Å²) in [4.78, 5) is 4.41. The van der Waals surface area contributed by atoms with E-state index in [1.807, 2.05) is 36.4 Å². The highest BCUT2D eigenvalue weighted by Gasteiger charge is 2.04. The zero-order chi connectivity index (χ0) is 17.4. The highest BCUT2D eigenvalue weighted by Crippen LogP contribution is 2.20. The molecule has 5 heteroatoms. The number of anilines is 1. The first-order valence-electron chi connectivity index (χ1n) is 7.91. The van der Waals surface area contributed by atoms with Gasteiger partial charge < -0.3 is 20.5 Å². The number of para-hydroxylation sites is 1. The van der Waals surface area contributed by atoms with Gasteiger partial charge >= 0.3 is 0 Å². The van der Waals surface area contributed by atoms with Gasteiger partial charge in [0.05, 0.1) is 13.7 Å². The van der Waals surface area contributed by atoms with Crippen molar-refractivity contribution in [2.75, 3.05) is 26.1 Å². The summed E-state index contributed by atoms with van der Waals surface area (Å²) >= 11 is 0. The van der Waals surface area contributed by atoms with Crippen molar-refractivity contribution in [1.29, 1.82) is 0 Å². The molecule has 0 fully saturated rings. The van der Waals surface area contributed by atoms with E-state index in [-0.39, 0.29) is 0 Å². The molecular weight excluding hydrogens is 302 g/mol.